The normalized spacial score (nSPS) is 21.5. The third-order valence-electron chi connectivity index (χ3n) is 7.07. The molecule has 2 aliphatic heterocycles. The van der Waals surface area contributed by atoms with E-state index in [0.29, 0.717) is 36.1 Å². The van der Waals surface area contributed by atoms with Gasteiger partial charge in [-0.1, -0.05) is 42.5 Å². The van der Waals surface area contributed by atoms with Crippen LogP contribution in [0.4, 0.5) is 5.69 Å². The van der Waals surface area contributed by atoms with E-state index in [1.54, 1.807) is 26.0 Å². The van der Waals surface area contributed by atoms with E-state index in [1.165, 1.54) is 17.7 Å². The Morgan fingerprint density at radius 2 is 1.79 bits per heavy atom. The number of nitrogens with zero attached hydrogens (tertiary/aromatic N) is 2. The van der Waals surface area contributed by atoms with Crippen LogP contribution in [-0.4, -0.2) is 53.2 Å². The molecule has 1 N–H and O–H groups in total. The predicted octanol–water partition coefficient (Wildman–Crippen LogP) is 4.46. The number of carbonyl (C=O) groups excluding carboxylic acids is 2. The summed E-state index contributed by atoms with van der Waals surface area (Å²) in [5, 5.41) is 14.7. The molecule has 0 radical (unpaired) electrons. The molecule has 1 fully saturated rings. The molecular formula is C29H34N3O6P. The molecule has 39 heavy (non-hydrogen) atoms. The molecule has 3 unspecified atom stereocenters. The second-order valence-electron chi connectivity index (χ2n) is 10.2. The molecular weight excluding hydrogens is 517 g/mol. The van der Waals surface area contributed by atoms with Gasteiger partial charge < -0.3 is 14.8 Å². The number of hydrogen-bond donors (Lipinski definition) is 1. The first-order chi connectivity index (χ1) is 18.6. The zero-order valence-electron chi connectivity index (χ0n) is 22.4. The van der Waals surface area contributed by atoms with Crippen LogP contribution in [0.2, 0.25) is 0 Å². The van der Waals surface area contributed by atoms with Crippen LogP contribution in [0.3, 0.4) is 0 Å². The lowest BCUT2D eigenvalue weighted by Crippen LogP contribution is -2.39. The van der Waals surface area contributed by atoms with Crippen molar-refractivity contribution in [2.24, 2.45) is 0 Å². The maximum atomic E-state index is 13.9. The van der Waals surface area contributed by atoms with Crippen molar-refractivity contribution in [2.45, 2.75) is 45.3 Å². The fourth-order valence-corrected chi connectivity index (χ4v) is 5.40. The van der Waals surface area contributed by atoms with Crippen molar-refractivity contribution >= 4 is 26.9 Å². The summed E-state index contributed by atoms with van der Waals surface area (Å²) < 4.78 is 11.6. The van der Waals surface area contributed by atoms with Crippen molar-refractivity contribution in [2.75, 3.05) is 25.9 Å². The molecule has 3 atom stereocenters. The highest BCUT2D eigenvalue weighted by Crippen LogP contribution is 2.41. The SMILES string of the molecule is CC1=C(C(=O)OCCP)C(c2cccc([N+](=O)[O-])c2)C(C(=O)OC2(C)CCN(Cc3ccccc3)C2)=C(C)N1. The fourth-order valence-electron chi connectivity index (χ4n) is 5.28. The second kappa shape index (κ2) is 12.1. The minimum Gasteiger partial charge on any atom is -0.462 e. The van der Waals surface area contributed by atoms with Gasteiger partial charge in [-0.3, -0.25) is 15.0 Å². The molecule has 0 bridgehead atoms. The first-order valence-corrected chi connectivity index (χ1v) is 13.7. The molecule has 2 aromatic rings. The second-order valence-corrected chi connectivity index (χ2v) is 10.8. The summed E-state index contributed by atoms with van der Waals surface area (Å²) in [6.07, 6.45) is 1.21. The average Bonchev–Trinajstić information content (AvgIpc) is 3.26. The average molecular weight is 552 g/mol. The number of allylic oxidation sites excluding steroid dienone is 2. The monoisotopic (exact) mass is 551 g/mol. The lowest BCUT2D eigenvalue weighted by Gasteiger charge is -2.33. The van der Waals surface area contributed by atoms with Crippen LogP contribution in [-0.2, 0) is 25.6 Å². The number of rotatable bonds is 9. The van der Waals surface area contributed by atoms with E-state index in [4.69, 9.17) is 9.47 Å². The summed E-state index contributed by atoms with van der Waals surface area (Å²) >= 11 is 0. The van der Waals surface area contributed by atoms with Crippen molar-refractivity contribution in [3.05, 3.63) is 98.4 Å². The van der Waals surface area contributed by atoms with E-state index in [1.807, 2.05) is 25.1 Å². The number of nitrogens with one attached hydrogen (secondary N) is 1. The van der Waals surface area contributed by atoms with Gasteiger partial charge in [0, 0.05) is 49.6 Å². The summed E-state index contributed by atoms with van der Waals surface area (Å²) in [6.45, 7) is 7.66. The lowest BCUT2D eigenvalue weighted by atomic mass is 9.80. The molecule has 0 spiro atoms. The molecule has 0 saturated carbocycles. The number of esters is 2. The van der Waals surface area contributed by atoms with E-state index < -0.39 is 28.4 Å². The molecule has 0 aliphatic carbocycles. The number of non-ortho nitro benzene ring substituents is 1. The molecule has 206 valence electrons. The third-order valence-corrected chi connectivity index (χ3v) is 7.30. The quantitative estimate of drug-likeness (QED) is 0.211. The summed E-state index contributed by atoms with van der Waals surface area (Å²) in [5.41, 5.74) is 2.28. The fraction of sp³-hybridized carbons (Fsp3) is 0.379. The summed E-state index contributed by atoms with van der Waals surface area (Å²) in [4.78, 5) is 40.4. The lowest BCUT2D eigenvalue weighted by molar-refractivity contribution is -0.384. The van der Waals surface area contributed by atoms with Gasteiger partial charge in [-0.25, -0.2) is 9.59 Å². The minimum absolute atomic E-state index is 0.133. The topological polar surface area (TPSA) is 111 Å². The van der Waals surface area contributed by atoms with Crippen LogP contribution in [0.1, 0.15) is 44.2 Å². The van der Waals surface area contributed by atoms with Crippen LogP contribution < -0.4 is 5.32 Å². The van der Waals surface area contributed by atoms with Crippen molar-refractivity contribution in [1.82, 2.24) is 10.2 Å². The van der Waals surface area contributed by atoms with E-state index in [0.717, 1.165) is 13.1 Å². The smallest absolute Gasteiger partial charge is 0.337 e. The van der Waals surface area contributed by atoms with Crippen LogP contribution in [0, 0.1) is 10.1 Å². The summed E-state index contributed by atoms with van der Waals surface area (Å²) in [7, 11) is 2.50. The Morgan fingerprint density at radius 1 is 1.10 bits per heavy atom. The van der Waals surface area contributed by atoms with Crippen LogP contribution in [0.5, 0.6) is 0 Å². The number of ether oxygens (including phenoxy) is 2. The molecule has 10 heteroatoms. The Labute approximate surface area is 230 Å². The van der Waals surface area contributed by atoms with Crippen LogP contribution >= 0.6 is 9.24 Å². The zero-order valence-corrected chi connectivity index (χ0v) is 23.6. The molecule has 9 nitrogen and oxygen atoms in total. The molecule has 2 heterocycles. The Kier molecular flexibility index (Phi) is 8.83. The van der Waals surface area contributed by atoms with Gasteiger partial charge in [0.15, 0.2) is 0 Å². The molecule has 4 rings (SSSR count). The number of carbonyl (C=O) groups is 2. The molecule has 2 aromatic carbocycles. The molecule has 0 amide bonds. The van der Waals surface area contributed by atoms with Crippen LogP contribution in [0.25, 0.3) is 0 Å². The molecule has 2 aliphatic rings. The van der Waals surface area contributed by atoms with Gasteiger partial charge in [0.25, 0.3) is 5.69 Å². The van der Waals surface area contributed by atoms with Crippen molar-refractivity contribution in [3.63, 3.8) is 0 Å². The summed E-state index contributed by atoms with van der Waals surface area (Å²) in [5.74, 6) is -2.04. The van der Waals surface area contributed by atoms with E-state index in [2.05, 4.69) is 31.6 Å². The van der Waals surface area contributed by atoms with E-state index >= 15 is 0 Å². The zero-order chi connectivity index (χ0) is 28.2. The Hall–Kier alpha value is -3.55. The largest absolute Gasteiger partial charge is 0.462 e. The van der Waals surface area contributed by atoms with Crippen molar-refractivity contribution in [3.8, 4) is 0 Å². The predicted molar refractivity (Wildman–Crippen MR) is 151 cm³/mol. The van der Waals surface area contributed by atoms with Gasteiger partial charge in [-0.2, -0.15) is 0 Å². The van der Waals surface area contributed by atoms with Gasteiger partial charge in [0.05, 0.1) is 28.6 Å². The highest BCUT2D eigenvalue weighted by Gasteiger charge is 2.43. The summed E-state index contributed by atoms with van der Waals surface area (Å²) in [6, 6.07) is 16.1. The number of dihydropyridines is 1. The van der Waals surface area contributed by atoms with E-state index in [-0.39, 0.29) is 23.4 Å². The van der Waals surface area contributed by atoms with Gasteiger partial charge in [0.1, 0.15) is 5.60 Å². The number of nitro benzene ring substituents is 1. The number of benzene rings is 2. The molecule has 1 saturated heterocycles. The van der Waals surface area contributed by atoms with E-state index in [9.17, 15) is 19.7 Å². The minimum atomic E-state index is -0.888. The van der Waals surface area contributed by atoms with Gasteiger partial charge in [-0.15, -0.1) is 9.24 Å². The molecule has 0 aromatic heterocycles. The number of hydrogen-bond acceptors (Lipinski definition) is 8. The van der Waals surface area contributed by atoms with Crippen molar-refractivity contribution < 1.29 is 24.0 Å². The van der Waals surface area contributed by atoms with Gasteiger partial charge >= 0.3 is 11.9 Å². The Balaban J connectivity index is 1.64. The highest BCUT2D eigenvalue weighted by atomic mass is 31.0. The standard InChI is InChI=1S/C29H34N3O6P/c1-19-24(27(33)37-14-15-39)26(22-10-7-11-23(16-22)32(35)36)25(20(2)30-19)28(34)38-29(3)12-13-31(18-29)17-21-8-5-4-6-9-21/h4-11,16,26,30H,12-15,17-18,39H2,1-3H3. The number of likely N-dealkylation sites (tertiary alicyclic amines) is 1. The van der Waals surface area contributed by atoms with Crippen molar-refractivity contribution in [1.29, 1.82) is 0 Å². The number of nitro groups is 1. The van der Waals surface area contributed by atoms with Gasteiger partial charge in [-0.05, 0) is 38.1 Å². The maximum absolute atomic E-state index is 13.9. The van der Waals surface area contributed by atoms with Gasteiger partial charge in [0.2, 0.25) is 0 Å². The Morgan fingerprint density at radius 3 is 2.46 bits per heavy atom. The Bertz CT molecular complexity index is 1330. The van der Waals surface area contributed by atoms with Crippen LogP contribution in [0.15, 0.2) is 77.1 Å². The first-order valence-electron chi connectivity index (χ1n) is 12.9. The first kappa shape index (κ1) is 28.5. The highest BCUT2D eigenvalue weighted by molar-refractivity contribution is 7.16. The maximum Gasteiger partial charge on any atom is 0.337 e. The third kappa shape index (κ3) is 6.54.